The Morgan fingerprint density at radius 3 is 2.46 bits per heavy atom. The molecule has 2 aliphatic rings. The van der Waals surface area contributed by atoms with Crippen LogP contribution >= 0.6 is 0 Å². The van der Waals surface area contributed by atoms with Crippen molar-refractivity contribution in [3.05, 3.63) is 11.7 Å². The van der Waals surface area contributed by atoms with Gasteiger partial charge in [0.1, 0.15) is 0 Å². The Morgan fingerprint density at radius 2 is 1.77 bits per heavy atom. The van der Waals surface area contributed by atoms with Crippen molar-refractivity contribution in [1.29, 1.82) is 0 Å². The Morgan fingerprint density at radius 1 is 1.00 bits per heavy atom. The highest BCUT2D eigenvalue weighted by molar-refractivity contribution is 5.05. The van der Waals surface area contributed by atoms with Crippen molar-refractivity contribution in [2.75, 3.05) is 0 Å². The van der Waals surface area contributed by atoms with Gasteiger partial charge in [-0.05, 0) is 25.7 Å². The monoisotopic (exact) mass is 178 g/mol. The maximum atomic E-state index is 5.29. The molecule has 0 saturated heterocycles. The van der Waals surface area contributed by atoms with E-state index in [0.717, 1.165) is 11.7 Å². The summed E-state index contributed by atoms with van der Waals surface area (Å²) in [5, 5.41) is 4.04. The highest BCUT2D eigenvalue weighted by Gasteiger charge is 2.30. The molecule has 0 aromatic carbocycles. The highest BCUT2D eigenvalue weighted by Crippen LogP contribution is 2.40. The van der Waals surface area contributed by atoms with Crippen molar-refractivity contribution in [2.45, 2.75) is 50.4 Å². The average Bonchev–Trinajstić information content (AvgIpc) is 2.72. The van der Waals surface area contributed by atoms with E-state index in [2.05, 4.69) is 10.1 Å². The van der Waals surface area contributed by atoms with E-state index in [-0.39, 0.29) is 0 Å². The molecule has 3 heteroatoms. The molecule has 0 radical (unpaired) electrons. The lowest BCUT2D eigenvalue weighted by atomic mass is 10.1. The lowest BCUT2D eigenvalue weighted by Gasteiger charge is -1.98. The second-order valence-corrected chi connectivity index (χ2v) is 4.25. The molecule has 3 rings (SSSR count). The normalized spacial score (nSPS) is 24.0. The molecule has 0 aliphatic heterocycles. The van der Waals surface area contributed by atoms with E-state index in [1.54, 1.807) is 0 Å². The van der Waals surface area contributed by atoms with Crippen molar-refractivity contribution in [3.63, 3.8) is 0 Å². The number of aromatic nitrogens is 2. The van der Waals surface area contributed by atoms with Gasteiger partial charge in [-0.2, -0.15) is 4.98 Å². The molecule has 3 nitrogen and oxygen atoms in total. The summed E-state index contributed by atoms with van der Waals surface area (Å²) in [6.07, 6.45) is 7.64. The lowest BCUT2D eigenvalue weighted by Crippen LogP contribution is -1.92. The molecule has 1 aromatic rings. The summed E-state index contributed by atoms with van der Waals surface area (Å²) in [6.45, 7) is 0. The summed E-state index contributed by atoms with van der Waals surface area (Å²) < 4.78 is 5.29. The van der Waals surface area contributed by atoms with Gasteiger partial charge < -0.3 is 4.52 Å². The van der Waals surface area contributed by atoms with Gasteiger partial charge in [0.15, 0.2) is 5.82 Å². The van der Waals surface area contributed by atoms with Crippen molar-refractivity contribution in [3.8, 4) is 0 Å². The SMILES string of the molecule is C1CCC(c2nc(C3CC3)no2)C1. The molecule has 13 heavy (non-hydrogen) atoms. The van der Waals surface area contributed by atoms with Crippen LogP contribution in [0.15, 0.2) is 4.52 Å². The maximum absolute atomic E-state index is 5.29. The van der Waals surface area contributed by atoms with Crippen LogP contribution < -0.4 is 0 Å². The second-order valence-electron chi connectivity index (χ2n) is 4.25. The summed E-state index contributed by atoms with van der Waals surface area (Å²) in [5.41, 5.74) is 0. The molecular weight excluding hydrogens is 164 g/mol. The summed E-state index contributed by atoms with van der Waals surface area (Å²) in [5.74, 6) is 3.06. The van der Waals surface area contributed by atoms with Crippen LogP contribution in [0.1, 0.15) is 62.1 Å². The third kappa shape index (κ3) is 1.36. The standard InChI is InChI=1S/C10H14N2O/c1-2-4-8(3-1)10-11-9(12-13-10)7-5-6-7/h7-8H,1-6H2. The topological polar surface area (TPSA) is 38.9 Å². The minimum atomic E-state index is 0.569. The third-order valence-corrected chi connectivity index (χ3v) is 3.10. The van der Waals surface area contributed by atoms with Gasteiger partial charge in [-0.3, -0.25) is 0 Å². The number of hydrogen-bond donors (Lipinski definition) is 0. The summed E-state index contributed by atoms with van der Waals surface area (Å²) in [6, 6.07) is 0. The number of rotatable bonds is 2. The predicted octanol–water partition coefficient (Wildman–Crippen LogP) is 2.60. The molecule has 0 spiro atoms. The van der Waals surface area contributed by atoms with Crippen molar-refractivity contribution >= 4 is 0 Å². The second kappa shape index (κ2) is 2.82. The van der Waals surface area contributed by atoms with E-state index in [1.165, 1.54) is 38.5 Å². The maximum Gasteiger partial charge on any atom is 0.229 e. The van der Waals surface area contributed by atoms with Gasteiger partial charge in [-0.15, -0.1) is 0 Å². The first kappa shape index (κ1) is 7.54. The van der Waals surface area contributed by atoms with Gasteiger partial charge in [0.05, 0.1) is 0 Å². The Hall–Kier alpha value is -0.860. The van der Waals surface area contributed by atoms with Gasteiger partial charge in [0.2, 0.25) is 5.89 Å². The van der Waals surface area contributed by atoms with E-state index in [4.69, 9.17) is 4.52 Å². The predicted molar refractivity (Wildman–Crippen MR) is 47.5 cm³/mol. The number of nitrogens with zero attached hydrogens (tertiary/aromatic N) is 2. The average molecular weight is 178 g/mol. The molecule has 1 heterocycles. The van der Waals surface area contributed by atoms with Crippen LogP contribution in [0, 0.1) is 0 Å². The van der Waals surface area contributed by atoms with Crippen LogP contribution in [0.3, 0.4) is 0 Å². The van der Waals surface area contributed by atoms with Crippen molar-refractivity contribution in [2.24, 2.45) is 0 Å². The fourth-order valence-corrected chi connectivity index (χ4v) is 2.09. The van der Waals surface area contributed by atoms with Gasteiger partial charge in [-0.1, -0.05) is 18.0 Å². The fraction of sp³-hybridized carbons (Fsp3) is 0.800. The zero-order chi connectivity index (χ0) is 8.67. The van der Waals surface area contributed by atoms with Gasteiger partial charge in [0.25, 0.3) is 0 Å². The molecule has 2 fully saturated rings. The first-order chi connectivity index (χ1) is 6.43. The zero-order valence-corrected chi connectivity index (χ0v) is 7.70. The smallest absolute Gasteiger partial charge is 0.229 e. The molecule has 0 amide bonds. The lowest BCUT2D eigenvalue weighted by molar-refractivity contribution is 0.350. The summed E-state index contributed by atoms with van der Waals surface area (Å²) in [7, 11) is 0. The molecule has 2 aliphatic carbocycles. The van der Waals surface area contributed by atoms with Gasteiger partial charge in [-0.25, -0.2) is 0 Å². The molecule has 2 saturated carbocycles. The molecule has 0 unspecified atom stereocenters. The van der Waals surface area contributed by atoms with E-state index < -0.39 is 0 Å². The molecule has 0 N–H and O–H groups in total. The molecule has 70 valence electrons. The van der Waals surface area contributed by atoms with Crippen LogP contribution in [0.4, 0.5) is 0 Å². The van der Waals surface area contributed by atoms with Crippen LogP contribution in [-0.2, 0) is 0 Å². The summed E-state index contributed by atoms with van der Waals surface area (Å²) in [4.78, 5) is 4.48. The third-order valence-electron chi connectivity index (χ3n) is 3.10. The minimum absolute atomic E-state index is 0.569. The van der Waals surface area contributed by atoms with Crippen molar-refractivity contribution in [1.82, 2.24) is 10.1 Å². The summed E-state index contributed by atoms with van der Waals surface area (Å²) >= 11 is 0. The molecule has 1 aromatic heterocycles. The Kier molecular flexibility index (Phi) is 1.64. The molecule has 0 bridgehead atoms. The number of hydrogen-bond acceptors (Lipinski definition) is 3. The van der Waals surface area contributed by atoms with E-state index in [9.17, 15) is 0 Å². The Bertz CT molecular complexity index is 298. The van der Waals surface area contributed by atoms with E-state index in [0.29, 0.717) is 11.8 Å². The van der Waals surface area contributed by atoms with Crippen LogP contribution in [0.2, 0.25) is 0 Å². The van der Waals surface area contributed by atoms with Crippen LogP contribution in [0.5, 0.6) is 0 Å². The van der Waals surface area contributed by atoms with E-state index >= 15 is 0 Å². The fourth-order valence-electron chi connectivity index (χ4n) is 2.09. The minimum Gasteiger partial charge on any atom is -0.339 e. The van der Waals surface area contributed by atoms with Crippen LogP contribution in [-0.4, -0.2) is 10.1 Å². The van der Waals surface area contributed by atoms with Gasteiger partial charge in [0, 0.05) is 11.8 Å². The van der Waals surface area contributed by atoms with Crippen molar-refractivity contribution < 1.29 is 4.52 Å². The molecular formula is C10H14N2O. The highest BCUT2D eigenvalue weighted by atomic mass is 16.5. The largest absolute Gasteiger partial charge is 0.339 e. The first-order valence-corrected chi connectivity index (χ1v) is 5.27. The Labute approximate surface area is 77.5 Å². The quantitative estimate of drug-likeness (QED) is 0.698. The van der Waals surface area contributed by atoms with Crippen LogP contribution in [0.25, 0.3) is 0 Å². The first-order valence-electron chi connectivity index (χ1n) is 5.27. The van der Waals surface area contributed by atoms with Gasteiger partial charge >= 0.3 is 0 Å². The Balaban J connectivity index is 1.79. The zero-order valence-electron chi connectivity index (χ0n) is 7.70. The molecule has 0 atom stereocenters. The van der Waals surface area contributed by atoms with E-state index in [1.807, 2.05) is 0 Å².